The van der Waals surface area contributed by atoms with E-state index in [1.807, 2.05) is 118 Å². The minimum atomic E-state index is -0.763. The molecule has 0 aliphatic carbocycles. The van der Waals surface area contributed by atoms with Crippen molar-refractivity contribution in [2.24, 2.45) is 17.8 Å². The van der Waals surface area contributed by atoms with Crippen molar-refractivity contribution in [3.63, 3.8) is 0 Å². The number of carbonyl (C=O) groups excluding carboxylic acids is 6. The first-order chi connectivity index (χ1) is 38.3. The number of likely N-dealkylation sites (tertiary alicyclic amines) is 2. The van der Waals surface area contributed by atoms with E-state index in [0.717, 1.165) is 21.9 Å². The third kappa shape index (κ3) is 14.8. The molecule has 0 radical (unpaired) electrons. The number of nitrogens with one attached hydrogen (secondary N) is 3. The lowest BCUT2D eigenvalue weighted by molar-refractivity contribution is -0.141. The number of benzene rings is 4. The van der Waals surface area contributed by atoms with E-state index >= 15 is 9.59 Å². The van der Waals surface area contributed by atoms with Gasteiger partial charge in [-0.15, -0.1) is 0 Å². The van der Waals surface area contributed by atoms with Gasteiger partial charge in [-0.3, -0.25) is 28.8 Å². The molecule has 4 fully saturated rings. The number of rotatable bonds is 23. The summed E-state index contributed by atoms with van der Waals surface area (Å²) in [6.45, 7) is 9.47. The van der Waals surface area contributed by atoms with Crippen molar-refractivity contribution in [3.8, 4) is 0 Å². The second-order valence-corrected chi connectivity index (χ2v) is 22.1. The van der Waals surface area contributed by atoms with E-state index in [2.05, 4.69) is 16.0 Å². The zero-order valence-corrected chi connectivity index (χ0v) is 47.1. The van der Waals surface area contributed by atoms with Crippen molar-refractivity contribution in [1.29, 1.82) is 0 Å². The number of likely N-dealkylation sites (N-methyl/N-ethyl adjacent to an activating group) is 1. The number of fused-ring (bicyclic) bond motifs is 1. The quantitative estimate of drug-likeness (QED) is 0.0848. The van der Waals surface area contributed by atoms with Gasteiger partial charge in [0.25, 0.3) is 11.8 Å². The molecule has 4 aromatic rings. The van der Waals surface area contributed by atoms with Gasteiger partial charge in [0, 0.05) is 97.0 Å². The normalized spacial score (nSPS) is 21.2. The van der Waals surface area contributed by atoms with E-state index in [1.165, 1.54) is 0 Å². The summed E-state index contributed by atoms with van der Waals surface area (Å²) in [7, 11) is 5.00. The smallest absolute Gasteiger partial charge is 0.253 e. The molecule has 0 spiro atoms. The number of hydrogen-bond acceptors (Lipinski definition) is 11. The van der Waals surface area contributed by atoms with E-state index < -0.39 is 30.2 Å². The second kappa shape index (κ2) is 28.3. The van der Waals surface area contributed by atoms with E-state index in [4.69, 9.17) is 18.9 Å². The molecule has 4 heterocycles. The second-order valence-electron chi connectivity index (χ2n) is 22.1. The molecule has 79 heavy (non-hydrogen) atoms. The van der Waals surface area contributed by atoms with E-state index in [-0.39, 0.29) is 78.5 Å². The molecule has 17 heteroatoms. The van der Waals surface area contributed by atoms with Crippen LogP contribution in [0, 0.1) is 17.8 Å². The molecule has 0 saturated carbocycles. The molecular formula is C62H83N7O10. The van der Waals surface area contributed by atoms with Crippen LogP contribution in [0.15, 0.2) is 97.1 Å². The molecule has 3 N–H and O–H groups in total. The molecule has 6 amide bonds. The molecule has 0 aromatic heterocycles. The van der Waals surface area contributed by atoms with E-state index in [0.29, 0.717) is 115 Å². The number of amides is 6. The average Bonchev–Trinajstić information content (AvgIpc) is 4.11. The zero-order valence-electron chi connectivity index (χ0n) is 47.1. The largest absolute Gasteiger partial charge is 0.381 e. The number of carbonyl (C=O) groups is 6. The molecule has 8 rings (SSSR count). The highest BCUT2D eigenvalue weighted by Crippen LogP contribution is 2.31. The standard InChI is InChI=1S/C62H83N7O10/c1-41(2)57(70)64-55(45-25-33-78-34-26-45)61(74)68-31-23-53(76-5)51(68)39-66(29-21-43-13-9-7-10-14-43)59(72)49-19-17-48-38-50(20-18-47(48)37-49)60(73)67(30-22-44-15-11-8-12-16-44)40-52-54(77-6)24-32-69(52)62(75)56(46-27-35-79-36-28-46)65-58(71)42(3)63-4/h7-20,37-38,41-42,45-46,51-56,63H,21-36,39-40H2,1-6H3,(H,64,70)(H,65,71)/t42-,51+,52+,53-,54-,55-,56-/m0/s1. The topological polar surface area (TPSA) is 188 Å². The Hall–Kier alpha value is -6.24. The highest BCUT2D eigenvalue weighted by atomic mass is 16.5. The Kier molecular flexibility index (Phi) is 21.1. The van der Waals surface area contributed by atoms with Crippen molar-refractivity contribution < 1.29 is 47.7 Å². The maximum Gasteiger partial charge on any atom is 0.253 e. The van der Waals surface area contributed by atoms with Gasteiger partial charge in [0.05, 0.1) is 30.3 Å². The van der Waals surface area contributed by atoms with Crippen molar-refractivity contribution in [2.45, 2.75) is 115 Å². The average molecular weight is 1090 g/mol. The highest BCUT2D eigenvalue weighted by molar-refractivity contribution is 6.02. The third-order valence-corrected chi connectivity index (χ3v) is 16.8. The summed E-state index contributed by atoms with van der Waals surface area (Å²) in [5, 5.41) is 10.7. The number of hydrogen-bond donors (Lipinski definition) is 3. The summed E-state index contributed by atoms with van der Waals surface area (Å²) >= 11 is 0. The first-order valence-electron chi connectivity index (χ1n) is 28.6. The maximum absolute atomic E-state index is 15.0. The van der Waals surface area contributed by atoms with Crippen LogP contribution >= 0.6 is 0 Å². The molecular weight excluding hydrogens is 1000 g/mol. The molecule has 7 atom stereocenters. The molecule has 4 aliphatic rings. The van der Waals surface area contributed by atoms with Gasteiger partial charge in [-0.05, 0) is 123 Å². The van der Waals surface area contributed by atoms with Crippen LogP contribution in [0.25, 0.3) is 10.8 Å². The van der Waals surface area contributed by atoms with Gasteiger partial charge in [-0.2, -0.15) is 0 Å². The van der Waals surface area contributed by atoms with Crippen LogP contribution in [-0.2, 0) is 51.0 Å². The van der Waals surface area contributed by atoms with E-state index in [1.54, 1.807) is 40.3 Å². The van der Waals surface area contributed by atoms with Gasteiger partial charge in [0.1, 0.15) is 12.1 Å². The Morgan fingerprint density at radius 1 is 0.570 bits per heavy atom. The summed E-state index contributed by atoms with van der Waals surface area (Å²) in [5.41, 5.74) is 3.06. The van der Waals surface area contributed by atoms with Crippen LogP contribution < -0.4 is 16.0 Å². The fraction of sp³-hybridized carbons (Fsp3) is 0.548. The summed E-state index contributed by atoms with van der Waals surface area (Å²) in [6.07, 6.45) is 4.23. The summed E-state index contributed by atoms with van der Waals surface area (Å²) in [4.78, 5) is 93.5. The molecule has 4 aliphatic heterocycles. The molecule has 0 unspecified atom stereocenters. The predicted molar refractivity (Wildman–Crippen MR) is 302 cm³/mol. The van der Waals surface area contributed by atoms with Crippen LogP contribution in [0.1, 0.15) is 91.1 Å². The molecule has 4 saturated heterocycles. The van der Waals surface area contributed by atoms with E-state index in [9.17, 15) is 19.2 Å². The van der Waals surface area contributed by atoms with Crippen molar-refractivity contribution in [3.05, 3.63) is 119 Å². The number of nitrogens with zero attached hydrogens (tertiary/aromatic N) is 4. The van der Waals surface area contributed by atoms with Crippen LogP contribution in [0.3, 0.4) is 0 Å². The van der Waals surface area contributed by atoms with Crippen LogP contribution in [0.2, 0.25) is 0 Å². The van der Waals surface area contributed by atoms with Crippen LogP contribution in [-0.4, -0.2) is 184 Å². The Labute approximate surface area is 466 Å². The summed E-state index contributed by atoms with van der Waals surface area (Å²) < 4.78 is 23.4. The van der Waals surface area contributed by atoms with Crippen LogP contribution in [0.5, 0.6) is 0 Å². The minimum absolute atomic E-state index is 0.0846. The minimum Gasteiger partial charge on any atom is -0.381 e. The molecule has 17 nitrogen and oxygen atoms in total. The fourth-order valence-electron chi connectivity index (χ4n) is 11.8. The number of ether oxygens (including phenoxy) is 4. The van der Waals surface area contributed by atoms with Crippen LogP contribution in [0.4, 0.5) is 0 Å². The third-order valence-electron chi connectivity index (χ3n) is 16.8. The van der Waals surface area contributed by atoms with Gasteiger partial charge < -0.3 is 54.5 Å². The SMILES string of the molecule is CN[C@@H](C)C(=O)N[C@H](C(=O)N1CC[C@H](OC)[C@H]1CN(CCc1ccccc1)C(=O)c1ccc2cc(C(=O)N(CCc3ccccc3)C[C@@H]3[C@@H](OC)CCN3C(=O)[C@@H](NC(=O)C(C)C)C3CCOCC3)ccc2c1)C1CCOCC1. The Morgan fingerprint density at radius 3 is 1.35 bits per heavy atom. The van der Waals surface area contributed by atoms with Gasteiger partial charge >= 0.3 is 0 Å². The molecule has 0 bridgehead atoms. The van der Waals surface area contributed by atoms with Crippen molar-refractivity contribution in [1.82, 2.24) is 35.6 Å². The van der Waals surface area contributed by atoms with Gasteiger partial charge in [-0.25, -0.2) is 0 Å². The lowest BCUT2D eigenvalue weighted by Crippen LogP contribution is -2.59. The lowest BCUT2D eigenvalue weighted by atomic mass is 9.90. The summed E-state index contributed by atoms with van der Waals surface area (Å²) in [6, 6.07) is 28.1. The van der Waals surface area contributed by atoms with Gasteiger partial charge in [0.2, 0.25) is 23.6 Å². The Balaban J connectivity index is 1.05. The lowest BCUT2D eigenvalue weighted by Gasteiger charge is -2.38. The monoisotopic (exact) mass is 1090 g/mol. The molecule has 4 aromatic carbocycles. The van der Waals surface area contributed by atoms with Gasteiger partial charge in [0.15, 0.2) is 0 Å². The summed E-state index contributed by atoms with van der Waals surface area (Å²) in [5.74, 6) is -1.69. The van der Waals surface area contributed by atoms with Crippen molar-refractivity contribution in [2.75, 3.05) is 87.0 Å². The highest BCUT2D eigenvalue weighted by Gasteiger charge is 2.46. The fourth-order valence-corrected chi connectivity index (χ4v) is 11.8. The first-order valence-corrected chi connectivity index (χ1v) is 28.6. The Bertz CT molecular complexity index is 2680. The zero-order chi connectivity index (χ0) is 56.0. The number of methoxy groups -OCH3 is 2. The van der Waals surface area contributed by atoms with Gasteiger partial charge in [-0.1, -0.05) is 86.6 Å². The predicted octanol–water partition coefficient (Wildman–Crippen LogP) is 5.53. The van der Waals surface area contributed by atoms with Crippen molar-refractivity contribution >= 4 is 46.2 Å². The maximum atomic E-state index is 15.0. The first kappa shape index (κ1) is 58.9. The molecule has 426 valence electrons. The Morgan fingerprint density at radius 2 is 0.975 bits per heavy atom.